The Morgan fingerprint density at radius 2 is 1.70 bits per heavy atom. The van der Waals surface area contributed by atoms with Gasteiger partial charge in [-0.3, -0.25) is 0 Å². The van der Waals surface area contributed by atoms with Gasteiger partial charge in [-0.1, -0.05) is 41.4 Å². The van der Waals surface area contributed by atoms with Crippen LogP contribution >= 0.6 is 11.6 Å². The fourth-order valence-electron chi connectivity index (χ4n) is 1.75. The average molecular weight is 310 g/mol. The van der Waals surface area contributed by atoms with Crippen LogP contribution in [-0.4, -0.2) is 8.42 Å². The van der Waals surface area contributed by atoms with E-state index >= 15 is 0 Å². The maximum atomic E-state index is 12.2. The van der Waals surface area contributed by atoms with Gasteiger partial charge in [0.2, 0.25) is 10.0 Å². The van der Waals surface area contributed by atoms with Crippen LogP contribution in [0.3, 0.4) is 0 Å². The number of hydrogen-bond acceptors (Lipinski definition) is 2. The minimum Gasteiger partial charge on any atom is -0.207 e. The maximum absolute atomic E-state index is 12.2. The number of benzene rings is 2. The fourth-order valence-corrected chi connectivity index (χ4v) is 2.97. The number of halogens is 1. The molecule has 0 amide bonds. The molecule has 0 heterocycles. The zero-order chi connectivity index (χ0) is 14.8. The first-order valence-corrected chi connectivity index (χ1v) is 8.06. The van der Waals surface area contributed by atoms with E-state index in [1.54, 1.807) is 19.1 Å². The van der Waals surface area contributed by atoms with Gasteiger partial charge in [0.05, 0.1) is 4.90 Å². The highest BCUT2D eigenvalue weighted by Crippen LogP contribution is 2.19. The summed E-state index contributed by atoms with van der Waals surface area (Å²) in [4.78, 5) is 0.228. The van der Waals surface area contributed by atoms with Crippen molar-refractivity contribution in [2.75, 3.05) is 0 Å². The number of hydrogen-bond donors (Lipinski definition) is 1. The second-order valence-corrected chi connectivity index (χ2v) is 6.90. The third-order valence-corrected chi connectivity index (χ3v) is 4.85. The predicted molar refractivity (Wildman–Crippen MR) is 81.4 cm³/mol. The summed E-state index contributed by atoms with van der Waals surface area (Å²) in [6.45, 7) is 4.04. The Balaban J connectivity index is 2.14. The molecule has 0 fully saturated rings. The minimum absolute atomic E-state index is 0.228. The summed E-state index contributed by atoms with van der Waals surface area (Å²) < 4.78 is 27.0. The molecule has 0 unspecified atom stereocenters. The summed E-state index contributed by atoms with van der Waals surface area (Å²) in [5.74, 6) is 0. The van der Waals surface area contributed by atoms with Crippen molar-refractivity contribution < 1.29 is 8.42 Å². The lowest BCUT2D eigenvalue weighted by Gasteiger charge is -2.08. The molecule has 0 saturated heterocycles. The summed E-state index contributed by atoms with van der Waals surface area (Å²) in [6.07, 6.45) is 0. The summed E-state index contributed by atoms with van der Waals surface area (Å²) >= 11 is 5.90. The lowest BCUT2D eigenvalue weighted by atomic mass is 10.2. The van der Waals surface area contributed by atoms with Crippen LogP contribution in [0.4, 0.5) is 0 Å². The molecule has 0 aromatic heterocycles. The van der Waals surface area contributed by atoms with E-state index in [-0.39, 0.29) is 11.4 Å². The van der Waals surface area contributed by atoms with Crippen LogP contribution in [0, 0.1) is 13.8 Å². The normalized spacial score (nSPS) is 11.6. The lowest BCUT2D eigenvalue weighted by Crippen LogP contribution is -2.23. The molecule has 3 nitrogen and oxygen atoms in total. The molecular formula is C15H16ClNO2S. The number of rotatable bonds is 4. The quantitative estimate of drug-likeness (QED) is 0.940. The molecule has 0 radical (unpaired) electrons. The van der Waals surface area contributed by atoms with Crippen molar-refractivity contribution in [3.63, 3.8) is 0 Å². The maximum Gasteiger partial charge on any atom is 0.240 e. The van der Waals surface area contributed by atoms with Crippen LogP contribution in [0.5, 0.6) is 0 Å². The first-order chi connectivity index (χ1) is 9.38. The third-order valence-electron chi connectivity index (χ3n) is 3.03. The number of aryl methyl sites for hydroxylation is 2. The summed E-state index contributed by atoms with van der Waals surface area (Å²) in [6, 6.07) is 12.4. The standard InChI is InChI=1S/C15H16ClNO2S/c1-11-3-5-13(6-4-11)10-17-20(18,19)14-7-8-15(16)12(2)9-14/h3-9,17H,10H2,1-2H3. The first-order valence-electron chi connectivity index (χ1n) is 6.20. The Kier molecular flexibility index (Phi) is 4.48. The second kappa shape index (κ2) is 5.95. The highest BCUT2D eigenvalue weighted by Gasteiger charge is 2.14. The van der Waals surface area contributed by atoms with E-state index in [4.69, 9.17) is 11.6 Å². The Labute approximate surface area is 124 Å². The van der Waals surface area contributed by atoms with Gasteiger partial charge in [-0.15, -0.1) is 0 Å². The topological polar surface area (TPSA) is 46.2 Å². The van der Waals surface area contributed by atoms with E-state index in [0.29, 0.717) is 5.02 Å². The molecule has 0 aliphatic heterocycles. The van der Waals surface area contributed by atoms with E-state index in [1.165, 1.54) is 6.07 Å². The zero-order valence-electron chi connectivity index (χ0n) is 11.4. The SMILES string of the molecule is Cc1ccc(CNS(=O)(=O)c2ccc(Cl)c(C)c2)cc1. The fraction of sp³-hybridized carbons (Fsp3) is 0.200. The summed E-state index contributed by atoms with van der Waals surface area (Å²) in [5.41, 5.74) is 2.81. The van der Waals surface area contributed by atoms with Crippen molar-refractivity contribution in [3.05, 3.63) is 64.2 Å². The Bertz CT molecular complexity index is 709. The van der Waals surface area contributed by atoms with Gasteiger partial charge in [0.15, 0.2) is 0 Å². The van der Waals surface area contributed by atoms with Crippen LogP contribution in [0.15, 0.2) is 47.4 Å². The van der Waals surface area contributed by atoms with Gasteiger partial charge in [0.25, 0.3) is 0 Å². The molecule has 0 aliphatic rings. The molecule has 0 aliphatic carbocycles. The van der Waals surface area contributed by atoms with Gasteiger partial charge in [-0.2, -0.15) is 0 Å². The summed E-state index contributed by atoms with van der Waals surface area (Å²) in [7, 11) is -3.52. The van der Waals surface area contributed by atoms with Gasteiger partial charge in [-0.05, 0) is 43.2 Å². The Morgan fingerprint density at radius 3 is 2.30 bits per heavy atom. The highest BCUT2D eigenvalue weighted by atomic mass is 35.5. The lowest BCUT2D eigenvalue weighted by molar-refractivity contribution is 0.581. The van der Waals surface area contributed by atoms with Crippen LogP contribution < -0.4 is 4.72 Å². The molecule has 2 rings (SSSR count). The van der Waals surface area contributed by atoms with Crippen LogP contribution in [0.1, 0.15) is 16.7 Å². The zero-order valence-corrected chi connectivity index (χ0v) is 12.9. The van der Waals surface area contributed by atoms with Crippen molar-refractivity contribution in [3.8, 4) is 0 Å². The molecular weight excluding hydrogens is 294 g/mol. The molecule has 2 aromatic rings. The minimum atomic E-state index is -3.52. The Morgan fingerprint density at radius 1 is 1.05 bits per heavy atom. The van der Waals surface area contributed by atoms with E-state index in [2.05, 4.69) is 4.72 Å². The molecule has 0 atom stereocenters. The van der Waals surface area contributed by atoms with Crippen molar-refractivity contribution in [2.24, 2.45) is 0 Å². The molecule has 0 saturated carbocycles. The largest absolute Gasteiger partial charge is 0.240 e. The average Bonchev–Trinajstić information content (AvgIpc) is 2.41. The predicted octanol–water partition coefficient (Wildman–Crippen LogP) is 3.44. The number of nitrogens with one attached hydrogen (secondary N) is 1. The van der Waals surface area contributed by atoms with Crippen molar-refractivity contribution in [2.45, 2.75) is 25.3 Å². The van der Waals surface area contributed by atoms with E-state index in [1.807, 2.05) is 31.2 Å². The molecule has 0 bridgehead atoms. The van der Waals surface area contributed by atoms with E-state index in [0.717, 1.165) is 16.7 Å². The van der Waals surface area contributed by atoms with Gasteiger partial charge >= 0.3 is 0 Å². The monoisotopic (exact) mass is 309 g/mol. The van der Waals surface area contributed by atoms with Crippen LogP contribution in [0.2, 0.25) is 5.02 Å². The summed E-state index contributed by atoms with van der Waals surface area (Å²) in [5, 5.41) is 0.558. The van der Waals surface area contributed by atoms with Gasteiger partial charge < -0.3 is 0 Å². The second-order valence-electron chi connectivity index (χ2n) is 4.72. The van der Waals surface area contributed by atoms with E-state index in [9.17, 15) is 8.42 Å². The third kappa shape index (κ3) is 3.60. The van der Waals surface area contributed by atoms with Crippen molar-refractivity contribution in [1.82, 2.24) is 4.72 Å². The molecule has 2 aromatic carbocycles. The molecule has 0 spiro atoms. The Hall–Kier alpha value is -1.36. The van der Waals surface area contributed by atoms with Gasteiger partial charge in [0, 0.05) is 11.6 Å². The van der Waals surface area contributed by atoms with Crippen LogP contribution in [-0.2, 0) is 16.6 Å². The molecule has 1 N–H and O–H groups in total. The van der Waals surface area contributed by atoms with Crippen molar-refractivity contribution >= 4 is 21.6 Å². The molecule has 20 heavy (non-hydrogen) atoms. The molecule has 5 heteroatoms. The van der Waals surface area contributed by atoms with Gasteiger partial charge in [-0.25, -0.2) is 13.1 Å². The first kappa shape index (κ1) is 15.0. The van der Waals surface area contributed by atoms with Crippen molar-refractivity contribution in [1.29, 1.82) is 0 Å². The van der Waals surface area contributed by atoms with Crippen LogP contribution in [0.25, 0.3) is 0 Å². The van der Waals surface area contributed by atoms with Gasteiger partial charge in [0.1, 0.15) is 0 Å². The number of sulfonamides is 1. The molecule has 106 valence electrons. The van der Waals surface area contributed by atoms with E-state index < -0.39 is 10.0 Å². The smallest absolute Gasteiger partial charge is 0.207 e. The highest BCUT2D eigenvalue weighted by molar-refractivity contribution is 7.89.